The van der Waals surface area contributed by atoms with Gasteiger partial charge >= 0.3 is 17.9 Å². The second-order valence-electron chi connectivity index (χ2n) is 17.0. The Morgan fingerprint density at radius 3 is 1.40 bits per heavy atom. The van der Waals surface area contributed by atoms with E-state index in [1.54, 1.807) is 20.1 Å². The Balaban J connectivity index is 6.23. The molecule has 31 heteroatoms. The number of aliphatic carboxylic acids is 3. The molecule has 30 nitrogen and oxygen atoms in total. The van der Waals surface area contributed by atoms with Crippen LogP contribution in [0, 0.1) is 11.8 Å². The van der Waals surface area contributed by atoms with Crippen LogP contribution in [-0.2, 0) is 67.1 Å². The van der Waals surface area contributed by atoms with Crippen LogP contribution in [0.4, 0.5) is 0 Å². The van der Waals surface area contributed by atoms with Crippen molar-refractivity contribution in [3.8, 4) is 0 Å². The van der Waals surface area contributed by atoms with Crippen molar-refractivity contribution >= 4 is 94.6 Å². The van der Waals surface area contributed by atoms with Crippen molar-refractivity contribution < 1.29 is 87.5 Å². The number of nitrogens with one attached hydrogen (secondary N) is 9. The standard InChI is InChI=1S/C42H70N12O18S/c1-7-19(4)33(54-37(67)23(12-13-73-6)49-35(65)20(5)43)41(71)46-16-28(57)47-26(17-55)40(70)53-32(18(2)3)42(72)52-25(15-31(62)63)39(69)50-22(8-10-27(44)56)36(66)51-24(14-30(60)61)38(68)48-21(34(45)64)9-11-29(58)59/h18-26,32-33,55H,7-17,43H2,1-6H3,(H2,44,56)(H2,45,64)(H,46,71)(H,47,57)(H,48,68)(H,49,65)(H,50,69)(H,51,66)(H,52,72)(H,53,70)(H,54,67)(H,58,59)(H,60,61)(H,62,63)/t19-,20-,21-,22-,23-,24-,25-,26-,32-,33-/m0/s1. The lowest BCUT2D eigenvalue weighted by atomic mass is 9.97. The summed E-state index contributed by atoms with van der Waals surface area (Å²) in [7, 11) is 0. The van der Waals surface area contributed by atoms with Gasteiger partial charge in [-0.05, 0) is 50.0 Å². The van der Waals surface area contributed by atoms with Gasteiger partial charge in [0.15, 0.2) is 0 Å². The Morgan fingerprint density at radius 2 is 0.945 bits per heavy atom. The number of aliphatic hydroxyl groups excluding tert-OH is 1. The fourth-order valence-corrected chi connectivity index (χ4v) is 6.70. The first-order chi connectivity index (χ1) is 34.0. The van der Waals surface area contributed by atoms with Gasteiger partial charge in [-0.3, -0.25) is 67.1 Å². The topological polar surface area (TPSA) is 506 Å². The van der Waals surface area contributed by atoms with E-state index in [1.165, 1.54) is 32.5 Å². The Hall–Kier alpha value is -7.15. The van der Waals surface area contributed by atoms with Crippen LogP contribution in [-0.4, -0.2) is 183 Å². The summed E-state index contributed by atoms with van der Waals surface area (Å²) < 4.78 is 0. The SMILES string of the molecule is CC[C@H](C)[C@H](NC(=O)[C@H](CCSC)NC(=O)[C@H](C)N)C(=O)NCC(=O)N[C@@H](CO)C(=O)N[C@H](C(=O)N[C@@H](CC(=O)O)C(=O)N[C@@H](CCC(N)=O)C(=O)N[C@@H](CC(=O)O)C(=O)N[C@@H](CCC(=O)O)C(N)=O)C(C)C. The fourth-order valence-electron chi connectivity index (χ4n) is 6.22. The molecule has 0 aromatic rings. The summed E-state index contributed by atoms with van der Waals surface area (Å²) in [6.07, 6.45) is -2.37. The molecule has 0 heterocycles. The van der Waals surface area contributed by atoms with E-state index in [-0.39, 0.29) is 6.42 Å². The predicted octanol–water partition coefficient (Wildman–Crippen LogP) is -6.66. The van der Waals surface area contributed by atoms with E-state index in [2.05, 4.69) is 37.2 Å². The van der Waals surface area contributed by atoms with Gasteiger partial charge in [-0.15, -0.1) is 0 Å². The molecular weight excluding hydrogens is 993 g/mol. The predicted molar refractivity (Wildman–Crippen MR) is 255 cm³/mol. The molecule has 0 saturated heterocycles. The van der Waals surface area contributed by atoms with E-state index in [1.807, 2.05) is 10.6 Å². The van der Waals surface area contributed by atoms with Crippen molar-refractivity contribution in [2.45, 2.75) is 140 Å². The van der Waals surface area contributed by atoms with E-state index in [4.69, 9.17) is 22.3 Å². The lowest BCUT2D eigenvalue weighted by molar-refractivity contribution is -0.142. The molecule has 0 spiro atoms. The third-order valence-electron chi connectivity index (χ3n) is 10.6. The van der Waals surface area contributed by atoms with Gasteiger partial charge in [0.05, 0.1) is 32.0 Å². The van der Waals surface area contributed by atoms with Gasteiger partial charge in [0.25, 0.3) is 0 Å². The Labute approximate surface area is 423 Å². The van der Waals surface area contributed by atoms with E-state index in [9.17, 15) is 82.4 Å². The van der Waals surface area contributed by atoms with Crippen LogP contribution in [0.2, 0.25) is 0 Å². The van der Waals surface area contributed by atoms with Gasteiger partial charge in [0, 0.05) is 12.8 Å². The monoisotopic (exact) mass is 1060 g/mol. The molecule has 0 aliphatic rings. The number of rotatable bonds is 36. The van der Waals surface area contributed by atoms with Crippen LogP contribution < -0.4 is 65.1 Å². The van der Waals surface area contributed by atoms with Crippen molar-refractivity contribution in [1.82, 2.24) is 47.9 Å². The van der Waals surface area contributed by atoms with Crippen LogP contribution >= 0.6 is 11.8 Å². The van der Waals surface area contributed by atoms with Crippen LogP contribution in [0.1, 0.15) is 86.0 Å². The van der Waals surface area contributed by atoms with Crippen molar-refractivity contribution in [2.24, 2.45) is 29.0 Å². The molecule has 0 bridgehead atoms. The molecule has 10 atom stereocenters. The number of aliphatic hydroxyl groups is 1. The first-order valence-corrected chi connectivity index (χ1v) is 24.2. The number of primary amides is 2. The largest absolute Gasteiger partial charge is 0.481 e. The van der Waals surface area contributed by atoms with E-state index < -0.39 is 201 Å². The summed E-state index contributed by atoms with van der Waals surface area (Å²) in [4.78, 5) is 177. The molecule has 73 heavy (non-hydrogen) atoms. The van der Waals surface area contributed by atoms with Crippen molar-refractivity contribution in [2.75, 3.05) is 25.2 Å². The van der Waals surface area contributed by atoms with Gasteiger partial charge in [0.2, 0.25) is 65.0 Å². The van der Waals surface area contributed by atoms with Gasteiger partial charge in [-0.25, -0.2) is 0 Å². The zero-order valence-corrected chi connectivity index (χ0v) is 42.1. The average molecular weight is 1060 g/mol. The second kappa shape index (κ2) is 33.5. The molecule has 0 aliphatic carbocycles. The van der Waals surface area contributed by atoms with E-state index in [0.29, 0.717) is 12.2 Å². The number of carboxylic acid groups (broad SMARTS) is 3. The highest BCUT2D eigenvalue weighted by Crippen LogP contribution is 2.11. The smallest absolute Gasteiger partial charge is 0.305 e. The molecule has 412 valence electrons. The molecule has 0 unspecified atom stereocenters. The average Bonchev–Trinajstić information content (AvgIpc) is 3.30. The molecule has 0 aromatic carbocycles. The summed E-state index contributed by atoms with van der Waals surface area (Å²) in [6, 6.07) is -14.1. The Kier molecular flexibility index (Phi) is 30.2. The molecular formula is C42H70N12O18S. The Bertz CT molecular complexity index is 2010. The number of hydrogen-bond acceptors (Lipinski definition) is 17. The highest BCUT2D eigenvalue weighted by atomic mass is 32.2. The van der Waals surface area contributed by atoms with Crippen LogP contribution in [0.3, 0.4) is 0 Å². The number of hydrogen-bond donors (Lipinski definition) is 16. The zero-order valence-electron chi connectivity index (χ0n) is 41.3. The number of carbonyl (C=O) groups is 14. The quantitative estimate of drug-likeness (QED) is 0.0277. The number of amides is 11. The van der Waals surface area contributed by atoms with Crippen LogP contribution in [0.15, 0.2) is 0 Å². The highest BCUT2D eigenvalue weighted by Gasteiger charge is 2.36. The molecule has 0 saturated carbocycles. The molecule has 0 fully saturated rings. The van der Waals surface area contributed by atoms with Gasteiger partial charge in [-0.2, -0.15) is 11.8 Å². The highest BCUT2D eigenvalue weighted by molar-refractivity contribution is 7.98. The summed E-state index contributed by atoms with van der Waals surface area (Å²) >= 11 is 1.41. The molecule has 11 amide bonds. The van der Waals surface area contributed by atoms with Gasteiger partial charge in [-0.1, -0.05) is 34.1 Å². The van der Waals surface area contributed by atoms with Crippen LogP contribution in [0.25, 0.3) is 0 Å². The molecule has 0 radical (unpaired) electrons. The summed E-state index contributed by atoms with van der Waals surface area (Å²) in [6.45, 7) is 5.81. The second-order valence-corrected chi connectivity index (χ2v) is 18.0. The number of carboxylic acids is 3. The van der Waals surface area contributed by atoms with Gasteiger partial charge < -0.3 is 85.5 Å². The summed E-state index contributed by atoms with van der Waals surface area (Å²) in [5, 5.41) is 58.3. The first kappa shape index (κ1) is 65.8. The van der Waals surface area contributed by atoms with Crippen molar-refractivity contribution in [3.05, 3.63) is 0 Å². The third kappa shape index (κ3) is 25.7. The maximum Gasteiger partial charge on any atom is 0.305 e. The van der Waals surface area contributed by atoms with Gasteiger partial charge in [0.1, 0.15) is 48.3 Å². The fraction of sp³-hybridized carbons (Fsp3) is 0.667. The number of thioether (sulfide) groups is 1. The minimum atomic E-state index is -2.05. The molecule has 0 rings (SSSR count). The minimum Gasteiger partial charge on any atom is -0.481 e. The van der Waals surface area contributed by atoms with Crippen molar-refractivity contribution in [1.29, 1.82) is 0 Å². The molecule has 0 aliphatic heterocycles. The molecule has 19 N–H and O–H groups in total. The maximum absolute atomic E-state index is 13.6. The maximum atomic E-state index is 13.6. The van der Waals surface area contributed by atoms with E-state index in [0.717, 1.165) is 0 Å². The normalized spacial score (nSPS) is 15.0. The third-order valence-corrected chi connectivity index (χ3v) is 11.2. The number of carbonyl (C=O) groups excluding carboxylic acids is 11. The summed E-state index contributed by atoms with van der Waals surface area (Å²) in [5.41, 5.74) is 16.1. The number of nitrogens with two attached hydrogens (primary N) is 3. The zero-order chi connectivity index (χ0) is 56.3. The summed E-state index contributed by atoms with van der Waals surface area (Å²) in [5.74, 6) is -17.3. The van der Waals surface area contributed by atoms with Crippen molar-refractivity contribution in [3.63, 3.8) is 0 Å². The first-order valence-electron chi connectivity index (χ1n) is 22.8. The molecule has 0 aromatic heterocycles. The van der Waals surface area contributed by atoms with E-state index >= 15 is 0 Å². The van der Waals surface area contributed by atoms with Crippen LogP contribution in [0.5, 0.6) is 0 Å². The minimum absolute atomic E-state index is 0.208. The lowest BCUT2D eigenvalue weighted by Crippen LogP contribution is -2.61. The Morgan fingerprint density at radius 1 is 0.507 bits per heavy atom. The lowest BCUT2D eigenvalue weighted by Gasteiger charge is -2.28.